The van der Waals surface area contributed by atoms with Gasteiger partial charge in [0.1, 0.15) is 6.54 Å². The van der Waals surface area contributed by atoms with Crippen LogP contribution in [0.1, 0.15) is 18.9 Å². The molecule has 0 amide bonds. The minimum Gasteiger partial charge on any atom is -0.286 e. The van der Waals surface area contributed by atoms with Crippen LogP contribution < -0.4 is 9.99 Å². The fourth-order valence-corrected chi connectivity index (χ4v) is 2.50. The molecule has 0 fully saturated rings. The minimum absolute atomic E-state index is 0.233. The van der Waals surface area contributed by atoms with Crippen molar-refractivity contribution in [2.75, 3.05) is 11.2 Å². The summed E-state index contributed by atoms with van der Waals surface area (Å²) in [4.78, 5) is 0. The van der Waals surface area contributed by atoms with Gasteiger partial charge in [0.05, 0.1) is 17.2 Å². The van der Waals surface area contributed by atoms with E-state index in [1.807, 2.05) is 66.3 Å². The predicted octanol–water partition coefficient (Wildman–Crippen LogP) is 2.09. The summed E-state index contributed by atoms with van der Waals surface area (Å²) in [6.07, 6.45) is 4.09. The molecular formula is C16H20N3O3S+. The number of hydrazone groups is 1. The number of nitrogens with one attached hydrogen (secondary N) is 1. The van der Waals surface area contributed by atoms with E-state index in [1.165, 1.54) is 0 Å². The fraction of sp³-hybridized carbons (Fsp3) is 0.250. The van der Waals surface area contributed by atoms with E-state index in [-0.39, 0.29) is 5.75 Å². The van der Waals surface area contributed by atoms with Crippen LogP contribution in [0.4, 0.5) is 5.69 Å². The molecule has 0 spiro atoms. The Balaban J connectivity index is 1.93. The molecule has 2 aromatic rings. The minimum atomic E-state index is -3.89. The molecule has 6 nitrogen and oxygen atoms in total. The van der Waals surface area contributed by atoms with Crippen molar-refractivity contribution < 1.29 is 17.5 Å². The number of aromatic nitrogens is 1. The van der Waals surface area contributed by atoms with Crippen LogP contribution in [-0.2, 0) is 16.7 Å². The molecule has 0 aliphatic carbocycles. The zero-order chi connectivity index (χ0) is 16.7. The van der Waals surface area contributed by atoms with E-state index in [0.29, 0.717) is 13.0 Å². The van der Waals surface area contributed by atoms with Gasteiger partial charge < -0.3 is 0 Å². The maximum absolute atomic E-state index is 10.7. The Morgan fingerprint density at radius 2 is 1.83 bits per heavy atom. The van der Waals surface area contributed by atoms with E-state index >= 15 is 0 Å². The highest BCUT2D eigenvalue weighted by Gasteiger charge is 2.08. The van der Waals surface area contributed by atoms with Crippen LogP contribution in [0.3, 0.4) is 0 Å². The molecule has 1 aromatic heterocycles. The van der Waals surface area contributed by atoms with E-state index < -0.39 is 10.1 Å². The van der Waals surface area contributed by atoms with Crippen molar-refractivity contribution in [3.05, 3.63) is 60.4 Å². The van der Waals surface area contributed by atoms with Crippen LogP contribution in [0.5, 0.6) is 0 Å². The second-order valence-electron chi connectivity index (χ2n) is 5.14. The zero-order valence-corrected chi connectivity index (χ0v) is 13.7. The topological polar surface area (TPSA) is 82.6 Å². The summed E-state index contributed by atoms with van der Waals surface area (Å²) in [5, 5.41) is 4.33. The third-order valence-corrected chi connectivity index (χ3v) is 4.06. The lowest BCUT2D eigenvalue weighted by atomic mass is 10.2. The lowest BCUT2D eigenvalue weighted by Crippen LogP contribution is -2.33. The molecule has 0 atom stereocenters. The molecule has 2 rings (SSSR count). The quantitative estimate of drug-likeness (QED) is 0.351. The first-order valence-electron chi connectivity index (χ1n) is 7.24. The Morgan fingerprint density at radius 1 is 1.17 bits per heavy atom. The van der Waals surface area contributed by atoms with E-state index in [2.05, 4.69) is 10.5 Å². The summed E-state index contributed by atoms with van der Waals surface area (Å²) in [5.41, 5.74) is 5.73. The smallest absolute Gasteiger partial charge is 0.265 e. The molecule has 7 heteroatoms. The van der Waals surface area contributed by atoms with Gasteiger partial charge in [-0.3, -0.25) is 9.98 Å². The highest BCUT2D eigenvalue weighted by atomic mass is 32.2. The lowest BCUT2D eigenvalue weighted by molar-refractivity contribution is -0.696. The Morgan fingerprint density at radius 3 is 2.43 bits per heavy atom. The molecule has 2 N–H and O–H groups in total. The van der Waals surface area contributed by atoms with Crippen molar-refractivity contribution in [2.24, 2.45) is 5.10 Å². The highest BCUT2D eigenvalue weighted by molar-refractivity contribution is 7.85. The predicted molar refractivity (Wildman–Crippen MR) is 89.9 cm³/mol. The number of hydrogen-bond donors (Lipinski definition) is 2. The van der Waals surface area contributed by atoms with Crippen molar-refractivity contribution in [3.63, 3.8) is 0 Å². The second kappa shape index (κ2) is 7.85. The third-order valence-electron chi connectivity index (χ3n) is 3.25. The van der Waals surface area contributed by atoms with Gasteiger partial charge in [0.15, 0.2) is 12.4 Å². The van der Waals surface area contributed by atoms with Gasteiger partial charge in [0.2, 0.25) is 0 Å². The van der Waals surface area contributed by atoms with Gasteiger partial charge in [-0.25, -0.2) is 4.57 Å². The van der Waals surface area contributed by atoms with Crippen LogP contribution in [0.15, 0.2) is 60.0 Å². The standard InChI is InChI=1S/C16H19N3O3S/c1-14(17-18-16-6-3-2-4-7-16)15-8-11-19(12-9-15)10-5-13-23(20,21)22/h2-4,6-9,11-12H,5,10,13H2,1H3,(H,20,21,22)/p+1. The van der Waals surface area contributed by atoms with Gasteiger partial charge in [-0.05, 0) is 19.1 Å². The van der Waals surface area contributed by atoms with Crippen molar-refractivity contribution >= 4 is 21.5 Å². The lowest BCUT2D eigenvalue weighted by Gasteiger charge is -2.03. The summed E-state index contributed by atoms with van der Waals surface area (Å²) in [7, 11) is -3.89. The van der Waals surface area contributed by atoms with Crippen LogP contribution in [0.2, 0.25) is 0 Å². The summed E-state index contributed by atoms with van der Waals surface area (Å²) < 4.78 is 31.9. The largest absolute Gasteiger partial charge is 0.286 e. The average Bonchev–Trinajstić information content (AvgIpc) is 2.53. The second-order valence-corrected chi connectivity index (χ2v) is 6.71. The van der Waals surface area contributed by atoms with Gasteiger partial charge in [-0.1, -0.05) is 18.2 Å². The molecule has 23 heavy (non-hydrogen) atoms. The maximum atomic E-state index is 10.7. The molecule has 1 aromatic carbocycles. The number of para-hydroxylation sites is 1. The molecule has 0 aliphatic rings. The van der Waals surface area contributed by atoms with Gasteiger partial charge in [0.25, 0.3) is 10.1 Å². The third kappa shape index (κ3) is 6.17. The molecule has 0 unspecified atom stereocenters. The zero-order valence-electron chi connectivity index (χ0n) is 12.9. The van der Waals surface area contributed by atoms with E-state index in [0.717, 1.165) is 17.0 Å². The molecular weight excluding hydrogens is 314 g/mol. The summed E-state index contributed by atoms with van der Waals surface area (Å²) >= 11 is 0. The molecule has 0 aliphatic heterocycles. The highest BCUT2D eigenvalue weighted by Crippen LogP contribution is 2.06. The first-order valence-corrected chi connectivity index (χ1v) is 8.85. The Bertz CT molecular complexity index is 757. The Hall–Kier alpha value is -2.25. The molecule has 0 bridgehead atoms. The number of rotatable bonds is 7. The summed E-state index contributed by atoms with van der Waals surface area (Å²) in [5.74, 6) is -0.233. The normalized spacial score (nSPS) is 12.2. The van der Waals surface area contributed by atoms with Crippen molar-refractivity contribution in [1.82, 2.24) is 0 Å². The van der Waals surface area contributed by atoms with Crippen molar-refractivity contribution in [2.45, 2.75) is 19.9 Å². The SMILES string of the molecule is CC(=NNc1ccccc1)c1cc[n+](CCCS(=O)(=O)O)cc1. The fourth-order valence-electron chi connectivity index (χ4n) is 2.00. The van der Waals surface area contributed by atoms with Crippen LogP contribution in [-0.4, -0.2) is 24.4 Å². The summed E-state index contributed by atoms with van der Waals surface area (Å²) in [6.45, 7) is 2.44. The van der Waals surface area contributed by atoms with Crippen LogP contribution >= 0.6 is 0 Å². The van der Waals surface area contributed by atoms with Crippen LogP contribution in [0.25, 0.3) is 0 Å². The number of anilines is 1. The average molecular weight is 334 g/mol. The van der Waals surface area contributed by atoms with Gasteiger partial charge in [0, 0.05) is 24.1 Å². The summed E-state index contributed by atoms with van der Waals surface area (Å²) in [6, 6.07) is 13.5. The Kier molecular flexibility index (Phi) is 5.84. The monoisotopic (exact) mass is 334 g/mol. The van der Waals surface area contributed by atoms with Gasteiger partial charge >= 0.3 is 0 Å². The van der Waals surface area contributed by atoms with E-state index in [4.69, 9.17) is 4.55 Å². The van der Waals surface area contributed by atoms with Crippen LogP contribution in [0, 0.1) is 0 Å². The maximum Gasteiger partial charge on any atom is 0.265 e. The molecule has 122 valence electrons. The molecule has 1 heterocycles. The Labute approximate surface area is 136 Å². The number of nitrogens with zero attached hydrogens (tertiary/aromatic N) is 2. The van der Waals surface area contributed by atoms with Crippen molar-refractivity contribution in [1.29, 1.82) is 0 Å². The number of benzene rings is 1. The molecule has 0 saturated carbocycles. The molecule has 0 radical (unpaired) electrons. The first-order chi connectivity index (χ1) is 10.9. The van der Waals surface area contributed by atoms with E-state index in [1.54, 1.807) is 0 Å². The number of aryl methyl sites for hydroxylation is 1. The number of pyridine rings is 1. The molecule has 0 saturated heterocycles. The van der Waals surface area contributed by atoms with E-state index in [9.17, 15) is 8.42 Å². The van der Waals surface area contributed by atoms with Gasteiger partial charge in [-0.15, -0.1) is 0 Å². The number of hydrogen-bond acceptors (Lipinski definition) is 4. The van der Waals surface area contributed by atoms with Gasteiger partial charge in [-0.2, -0.15) is 13.5 Å². The first kappa shape index (κ1) is 17.1. The van der Waals surface area contributed by atoms with Crippen molar-refractivity contribution in [3.8, 4) is 0 Å².